The molecule has 0 amide bonds. The zero-order chi connectivity index (χ0) is 28.4. The Labute approximate surface area is 235 Å². The van der Waals surface area contributed by atoms with E-state index in [2.05, 4.69) is 45.3 Å². The van der Waals surface area contributed by atoms with E-state index in [-0.39, 0.29) is 6.10 Å². The van der Waals surface area contributed by atoms with Crippen molar-refractivity contribution in [2.45, 2.75) is 189 Å². The summed E-state index contributed by atoms with van der Waals surface area (Å²) in [4.78, 5) is 4.70. The number of aliphatic hydroxyl groups is 1. The normalized spacial score (nSPS) is 14.4. The molecule has 0 aliphatic heterocycles. The van der Waals surface area contributed by atoms with Crippen LogP contribution in [0, 0.1) is 0 Å². The molecule has 224 valence electrons. The van der Waals surface area contributed by atoms with Crippen molar-refractivity contribution in [1.82, 2.24) is 5.32 Å². The second-order valence-corrected chi connectivity index (χ2v) is 10.4. The maximum atomic E-state index is 10.5. The van der Waals surface area contributed by atoms with Crippen molar-refractivity contribution in [2.75, 3.05) is 14.1 Å². The predicted octanol–water partition coefficient (Wildman–Crippen LogP) is 10.8. The van der Waals surface area contributed by atoms with Crippen LogP contribution in [0.5, 0.6) is 0 Å². The van der Waals surface area contributed by atoms with E-state index in [1.54, 1.807) is 0 Å². The van der Waals surface area contributed by atoms with Crippen LogP contribution in [0.2, 0.25) is 0 Å². The van der Waals surface area contributed by atoms with Crippen molar-refractivity contribution in [3.8, 4) is 0 Å². The Hall–Kier alpha value is -0.670. The maximum absolute atomic E-state index is 10.5. The van der Waals surface area contributed by atoms with Gasteiger partial charge in [-0.15, -0.1) is 0 Å². The molecule has 0 bridgehead atoms. The van der Waals surface area contributed by atoms with Gasteiger partial charge in [-0.3, -0.25) is 4.99 Å². The van der Waals surface area contributed by atoms with Gasteiger partial charge in [0.15, 0.2) is 0 Å². The summed E-state index contributed by atoms with van der Waals surface area (Å²) in [6, 6.07) is 0.639. The van der Waals surface area contributed by atoms with Gasteiger partial charge in [-0.25, -0.2) is 0 Å². The maximum Gasteiger partial charge on any atom is 0.0750 e. The van der Waals surface area contributed by atoms with Gasteiger partial charge in [0.05, 0.1) is 6.10 Å². The van der Waals surface area contributed by atoms with E-state index < -0.39 is 0 Å². The topological polar surface area (TPSA) is 44.6 Å². The molecule has 0 aromatic rings. The first-order valence-corrected chi connectivity index (χ1v) is 16.5. The van der Waals surface area contributed by atoms with Crippen LogP contribution in [0.3, 0.4) is 0 Å². The second kappa shape index (κ2) is 37.5. The van der Waals surface area contributed by atoms with Gasteiger partial charge in [0.2, 0.25) is 0 Å². The van der Waals surface area contributed by atoms with E-state index in [0.29, 0.717) is 6.04 Å². The highest BCUT2D eigenvalue weighted by atomic mass is 16.3. The lowest BCUT2D eigenvalue weighted by Crippen LogP contribution is -2.10. The van der Waals surface area contributed by atoms with Gasteiger partial charge < -0.3 is 10.4 Å². The third-order valence-electron chi connectivity index (χ3n) is 6.82. The lowest BCUT2D eigenvalue weighted by atomic mass is 9.97. The molecule has 1 aliphatic rings. The minimum atomic E-state index is -0.205. The number of hydrogen-bond donors (Lipinski definition) is 2. The fourth-order valence-corrected chi connectivity index (χ4v) is 4.36. The van der Waals surface area contributed by atoms with Gasteiger partial charge in [0.1, 0.15) is 0 Å². The Kier molecular flexibility index (Phi) is 41.4. The number of allylic oxidation sites excluding steroid dienone is 1. The fraction of sp³-hybridized carbons (Fsp3) is 0.912. The molecule has 1 rings (SSSR count). The number of aliphatic imine (C=N–C) groups is 1. The summed E-state index contributed by atoms with van der Waals surface area (Å²) in [7, 11) is 3.75. The Morgan fingerprint density at radius 1 is 0.784 bits per heavy atom. The van der Waals surface area contributed by atoms with Crippen LogP contribution in [0.4, 0.5) is 0 Å². The Morgan fingerprint density at radius 3 is 1.78 bits per heavy atom. The first-order chi connectivity index (χ1) is 18.1. The van der Waals surface area contributed by atoms with Crippen LogP contribution in [-0.2, 0) is 0 Å². The van der Waals surface area contributed by atoms with Gasteiger partial charge in [0.25, 0.3) is 0 Å². The Balaban J connectivity index is -0.00000112. The summed E-state index contributed by atoms with van der Waals surface area (Å²) in [6.07, 6.45) is 31.0. The number of unbranched alkanes of at least 4 members (excludes halogenated alkanes) is 12. The van der Waals surface area contributed by atoms with Gasteiger partial charge in [-0.1, -0.05) is 131 Å². The van der Waals surface area contributed by atoms with E-state index in [0.717, 1.165) is 19.3 Å². The smallest absolute Gasteiger partial charge is 0.0750 e. The molecule has 2 N–H and O–H groups in total. The average molecular weight is 525 g/mol. The largest absolute Gasteiger partial charge is 0.389 e. The molecule has 1 saturated carbocycles. The number of nitrogens with one attached hydrogen (secondary N) is 1. The van der Waals surface area contributed by atoms with E-state index in [1.165, 1.54) is 121 Å². The van der Waals surface area contributed by atoms with Crippen molar-refractivity contribution in [1.29, 1.82) is 0 Å². The minimum Gasteiger partial charge on any atom is -0.389 e. The minimum absolute atomic E-state index is 0.205. The molecule has 1 unspecified atom stereocenters. The number of nitrogens with zero attached hydrogens (tertiary/aromatic N) is 1. The molecule has 1 fully saturated rings. The third kappa shape index (κ3) is 33.3. The monoisotopic (exact) mass is 525 g/mol. The molecule has 0 saturated heterocycles. The molecule has 0 radical (unpaired) electrons. The second-order valence-electron chi connectivity index (χ2n) is 10.4. The van der Waals surface area contributed by atoms with Crippen molar-refractivity contribution < 1.29 is 5.11 Å². The summed E-state index contributed by atoms with van der Waals surface area (Å²) >= 11 is 0. The molecule has 0 aromatic carbocycles. The van der Waals surface area contributed by atoms with Crippen LogP contribution in [0.15, 0.2) is 16.6 Å². The lowest BCUT2D eigenvalue weighted by Gasteiger charge is -2.15. The molecule has 0 spiro atoms. The summed E-state index contributed by atoms with van der Waals surface area (Å²) in [5.74, 6) is 0. The highest BCUT2D eigenvalue weighted by molar-refractivity contribution is 5.57. The van der Waals surface area contributed by atoms with Crippen molar-refractivity contribution in [2.24, 2.45) is 4.99 Å². The first kappa shape index (κ1) is 40.8. The third-order valence-corrected chi connectivity index (χ3v) is 6.82. The molecule has 3 heteroatoms. The molecule has 0 aromatic heterocycles. The molecular formula is C34H72N2O. The number of aliphatic hydroxyl groups excluding tert-OH is 1. The van der Waals surface area contributed by atoms with Crippen LogP contribution in [0.1, 0.15) is 176 Å². The highest BCUT2D eigenvalue weighted by Gasteiger charge is 2.12. The molecule has 1 aliphatic carbocycles. The molecular weight excluding hydrogens is 452 g/mol. The van der Waals surface area contributed by atoms with Crippen molar-refractivity contribution in [3.05, 3.63) is 11.6 Å². The van der Waals surface area contributed by atoms with Gasteiger partial charge in [-0.05, 0) is 77.8 Å². The van der Waals surface area contributed by atoms with E-state index in [9.17, 15) is 5.11 Å². The lowest BCUT2D eigenvalue weighted by molar-refractivity contribution is 0.191. The fourth-order valence-electron chi connectivity index (χ4n) is 4.36. The molecule has 3 nitrogen and oxygen atoms in total. The van der Waals surface area contributed by atoms with E-state index >= 15 is 0 Å². The van der Waals surface area contributed by atoms with E-state index in [1.807, 2.05) is 27.9 Å². The summed E-state index contributed by atoms with van der Waals surface area (Å²) in [6.45, 7) is 12.7. The van der Waals surface area contributed by atoms with Crippen molar-refractivity contribution >= 4 is 6.21 Å². The van der Waals surface area contributed by atoms with Crippen LogP contribution in [0.25, 0.3) is 0 Å². The van der Waals surface area contributed by atoms with Crippen LogP contribution < -0.4 is 5.32 Å². The van der Waals surface area contributed by atoms with Gasteiger partial charge in [0, 0.05) is 6.04 Å². The van der Waals surface area contributed by atoms with Crippen molar-refractivity contribution in [3.63, 3.8) is 0 Å². The van der Waals surface area contributed by atoms with Crippen LogP contribution in [-0.4, -0.2) is 37.6 Å². The summed E-state index contributed by atoms with van der Waals surface area (Å²) in [5.41, 5.74) is 1.27. The highest BCUT2D eigenvalue weighted by Crippen LogP contribution is 2.21. The Bertz CT molecular complexity index is 439. The summed E-state index contributed by atoms with van der Waals surface area (Å²) in [5, 5.41) is 13.2. The first-order valence-electron chi connectivity index (χ1n) is 16.5. The molecule has 1 atom stereocenters. The molecule has 0 heterocycles. The number of hydrogen-bond acceptors (Lipinski definition) is 3. The zero-order valence-electron chi connectivity index (χ0n) is 27.1. The number of rotatable bonds is 19. The SMILES string of the molecule is C/C=C(/CCCCCCC=NC1CCCC1)C(O)CCCCCCCCCC.CC.CCCC.CNC. The standard InChI is InChI=1S/C26H49NO.C4H10.C2H7N.C2H6/c1-3-5-6-7-8-9-12-15-22-26(28)24(4-2)19-14-11-10-13-18-23-27-25-20-16-17-21-25;1-3-4-2;1-3-2;1-2/h4,23,25-26,28H,3,5-22H2,1-2H3;3-4H2,1-2H3;3H,1-2H3;1-2H3/b24-4-,27-23?;;;. The quantitative estimate of drug-likeness (QED) is 0.100. The zero-order valence-corrected chi connectivity index (χ0v) is 27.1. The molecule has 37 heavy (non-hydrogen) atoms. The average Bonchev–Trinajstić information content (AvgIpc) is 3.44. The Morgan fingerprint density at radius 2 is 1.27 bits per heavy atom. The van der Waals surface area contributed by atoms with Gasteiger partial charge >= 0.3 is 0 Å². The summed E-state index contributed by atoms with van der Waals surface area (Å²) < 4.78 is 0. The van der Waals surface area contributed by atoms with E-state index in [4.69, 9.17) is 4.99 Å². The van der Waals surface area contributed by atoms with Gasteiger partial charge in [-0.2, -0.15) is 0 Å². The predicted molar refractivity (Wildman–Crippen MR) is 172 cm³/mol. The van der Waals surface area contributed by atoms with Crippen LogP contribution >= 0.6 is 0 Å².